The summed E-state index contributed by atoms with van der Waals surface area (Å²) in [4.78, 5) is 8.64. The van der Waals surface area contributed by atoms with E-state index in [9.17, 15) is 0 Å². The van der Waals surface area contributed by atoms with Crippen molar-refractivity contribution >= 4 is 17.3 Å². The molecule has 0 aliphatic carbocycles. The first kappa shape index (κ1) is 14.2. The van der Waals surface area contributed by atoms with Gasteiger partial charge in [0.15, 0.2) is 5.65 Å². The average molecular weight is 317 g/mol. The number of hydrogen-bond acceptors (Lipinski definition) is 5. The molecule has 0 fully saturated rings. The molecule has 1 N–H and O–H groups in total. The van der Waals surface area contributed by atoms with E-state index >= 15 is 0 Å². The lowest BCUT2D eigenvalue weighted by molar-refractivity contribution is 0.413. The fourth-order valence-corrected chi connectivity index (χ4v) is 2.51. The van der Waals surface area contributed by atoms with E-state index in [1.165, 1.54) is 0 Å². The van der Waals surface area contributed by atoms with E-state index in [0.29, 0.717) is 11.7 Å². The zero-order valence-electron chi connectivity index (χ0n) is 13.0. The van der Waals surface area contributed by atoms with Crippen molar-refractivity contribution in [3.8, 4) is 17.0 Å². The highest BCUT2D eigenvalue weighted by molar-refractivity contribution is 5.64. The number of fused-ring (bicyclic) bond motifs is 1. The van der Waals surface area contributed by atoms with Crippen LogP contribution in [0.2, 0.25) is 0 Å². The summed E-state index contributed by atoms with van der Waals surface area (Å²) in [6, 6.07) is 17.9. The van der Waals surface area contributed by atoms with Gasteiger partial charge in [0.1, 0.15) is 5.75 Å². The van der Waals surface area contributed by atoms with Crippen molar-refractivity contribution in [2.75, 3.05) is 12.4 Å². The van der Waals surface area contributed by atoms with Crippen molar-refractivity contribution in [3.63, 3.8) is 0 Å². The van der Waals surface area contributed by atoms with Gasteiger partial charge in [0.05, 0.1) is 30.9 Å². The minimum absolute atomic E-state index is 0.508. The maximum atomic E-state index is 5.18. The van der Waals surface area contributed by atoms with Crippen LogP contribution in [0.4, 0.5) is 11.6 Å². The molecule has 118 valence electrons. The largest absolute Gasteiger partial charge is 0.495 e. The highest BCUT2D eigenvalue weighted by atomic mass is 16.5. The third-order valence-electron chi connectivity index (χ3n) is 3.63. The van der Waals surface area contributed by atoms with Gasteiger partial charge in [-0.2, -0.15) is 4.98 Å². The Labute approximate surface area is 138 Å². The molecule has 4 aromatic rings. The molecule has 24 heavy (non-hydrogen) atoms. The number of hydrogen-bond donors (Lipinski definition) is 1. The minimum atomic E-state index is 0.508. The van der Waals surface area contributed by atoms with E-state index in [0.717, 1.165) is 22.6 Å². The molecule has 1 aromatic carbocycles. The molecule has 0 bridgehead atoms. The van der Waals surface area contributed by atoms with Crippen LogP contribution >= 0.6 is 0 Å². The van der Waals surface area contributed by atoms with E-state index in [1.54, 1.807) is 19.5 Å². The van der Waals surface area contributed by atoms with E-state index in [1.807, 2.05) is 47.0 Å². The van der Waals surface area contributed by atoms with Gasteiger partial charge in [-0.3, -0.25) is 4.98 Å². The number of nitrogens with one attached hydrogen (secondary N) is 1. The monoisotopic (exact) mass is 317 g/mol. The van der Waals surface area contributed by atoms with Crippen molar-refractivity contribution in [1.29, 1.82) is 0 Å². The second-order valence-corrected chi connectivity index (χ2v) is 5.22. The van der Waals surface area contributed by atoms with Crippen LogP contribution in [0.5, 0.6) is 5.75 Å². The SMILES string of the molecule is COc1cncc(Nc2nc3cccc(-c4ccccc4)n3n2)c1. The van der Waals surface area contributed by atoms with Crippen LogP contribution in [-0.2, 0) is 0 Å². The van der Waals surface area contributed by atoms with Gasteiger partial charge in [0.25, 0.3) is 0 Å². The third-order valence-corrected chi connectivity index (χ3v) is 3.63. The maximum Gasteiger partial charge on any atom is 0.247 e. The molecular weight excluding hydrogens is 302 g/mol. The van der Waals surface area contributed by atoms with E-state index in [2.05, 4.69) is 32.5 Å². The van der Waals surface area contributed by atoms with Crippen LogP contribution in [0.25, 0.3) is 16.9 Å². The van der Waals surface area contributed by atoms with Gasteiger partial charge >= 0.3 is 0 Å². The van der Waals surface area contributed by atoms with E-state index < -0.39 is 0 Å². The van der Waals surface area contributed by atoms with Crippen molar-refractivity contribution in [1.82, 2.24) is 19.6 Å². The molecule has 0 spiro atoms. The highest BCUT2D eigenvalue weighted by Crippen LogP contribution is 2.22. The van der Waals surface area contributed by atoms with Gasteiger partial charge in [-0.15, -0.1) is 5.10 Å². The Morgan fingerprint density at radius 1 is 1.00 bits per heavy atom. The zero-order chi connectivity index (χ0) is 16.4. The number of aromatic nitrogens is 4. The predicted molar refractivity (Wildman–Crippen MR) is 92.5 cm³/mol. The molecule has 6 nitrogen and oxygen atoms in total. The van der Waals surface area contributed by atoms with Gasteiger partial charge in [0.2, 0.25) is 5.95 Å². The smallest absolute Gasteiger partial charge is 0.247 e. The minimum Gasteiger partial charge on any atom is -0.495 e. The Kier molecular flexibility index (Phi) is 3.55. The second-order valence-electron chi connectivity index (χ2n) is 5.22. The number of nitrogens with zero attached hydrogens (tertiary/aromatic N) is 4. The molecule has 0 saturated carbocycles. The summed E-state index contributed by atoms with van der Waals surface area (Å²) in [6.07, 6.45) is 3.35. The van der Waals surface area contributed by atoms with Gasteiger partial charge < -0.3 is 10.1 Å². The summed E-state index contributed by atoms with van der Waals surface area (Å²) in [6.45, 7) is 0. The first-order valence-corrected chi connectivity index (χ1v) is 7.51. The number of rotatable bonds is 4. The Morgan fingerprint density at radius 2 is 1.88 bits per heavy atom. The topological polar surface area (TPSA) is 64.3 Å². The molecule has 3 aromatic heterocycles. The predicted octanol–water partition coefficient (Wildman–Crippen LogP) is 3.54. The number of ether oxygens (including phenoxy) is 1. The van der Waals surface area contributed by atoms with Crippen LogP contribution < -0.4 is 10.1 Å². The first-order chi connectivity index (χ1) is 11.8. The van der Waals surface area contributed by atoms with Gasteiger partial charge in [-0.05, 0) is 12.1 Å². The molecule has 6 heteroatoms. The summed E-state index contributed by atoms with van der Waals surface area (Å²) in [5, 5.41) is 7.73. The van der Waals surface area contributed by atoms with Crippen molar-refractivity contribution in [2.24, 2.45) is 0 Å². The molecule has 0 amide bonds. The molecule has 0 saturated heterocycles. The molecule has 0 atom stereocenters. The molecule has 0 radical (unpaired) electrons. The summed E-state index contributed by atoms with van der Waals surface area (Å²) in [5.41, 5.74) is 3.61. The molecular formula is C18H15N5O. The maximum absolute atomic E-state index is 5.18. The average Bonchev–Trinajstić information content (AvgIpc) is 3.05. The normalized spacial score (nSPS) is 10.7. The third kappa shape index (κ3) is 2.65. The number of anilines is 2. The summed E-state index contributed by atoms with van der Waals surface area (Å²) >= 11 is 0. The molecule has 3 heterocycles. The standard InChI is InChI=1S/C18H15N5O/c1-24-15-10-14(11-19-12-15)20-18-21-17-9-5-8-16(23(17)22-18)13-6-3-2-4-7-13/h2-12H,1H3,(H,20,22). The van der Waals surface area contributed by atoms with Crippen molar-refractivity contribution in [2.45, 2.75) is 0 Å². The molecule has 0 aliphatic heterocycles. The van der Waals surface area contributed by atoms with Crippen molar-refractivity contribution in [3.05, 3.63) is 67.0 Å². The zero-order valence-corrected chi connectivity index (χ0v) is 13.0. The lowest BCUT2D eigenvalue weighted by atomic mass is 10.1. The van der Waals surface area contributed by atoms with Gasteiger partial charge in [-0.25, -0.2) is 4.52 Å². The van der Waals surface area contributed by atoms with Crippen LogP contribution in [0.15, 0.2) is 67.0 Å². The number of pyridine rings is 2. The molecule has 4 rings (SSSR count). The second kappa shape index (κ2) is 6.00. The fraction of sp³-hybridized carbons (Fsp3) is 0.0556. The van der Waals surface area contributed by atoms with Crippen LogP contribution in [0.1, 0.15) is 0 Å². The summed E-state index contributed by atoms with van der Waals surface area (Å²) in [5.74, 6) is 1.18. The molecule has 0 aliphatic rings. The lowest BCUT2D eigenvalue weighted by Gasteiger charge is -2.04. The van der Waals surface area contributed by atoms with E-state index in [-0.39, 0.29) is 0 Å². The summed E-state index contributed by atoms with van der Waals surface area (Å²) in [7, 11) is 1.61. The van der Waals surface area contributed by atoms with Crippen molar-refractivity contribution < 1.29 is 4.74 Å². The first-order valence-electron chi connectivity index (χ1n) is 7.51. The quantitative estimate of drug-likeness (QED) is 0.623. The Hall–Kier alpha value is -3.41. The fourth-order valence-electron chi connectivity index (χ4n) is 2.51. The Morgan fingerprint density at radius 3 is 2.71 bits per heavy atom. The summed E-state index contributed by atoms with van der Waals surface area (Å²) < 4.78 is 7.00. The lowest BCUT2D eigenvalue weighted by Crippen LogP contribution is -1.96. The van der Waals surface area contributed by atoms with Crippen LogP contribution in [0, 0.1) is 0 Å². The van der Waals surface area contributed by atoms with Gasteiger partial charge in [-0.1, -0.05) is 36.4 Å². The number of methoxy groups -OCH3 is 1. The Balaban J connectivity index is 1.73. The van der Waals surface area contributed by atoms with Crippen LogP contribution in [-0.4, -0.2) is 26.7 Å². The van der Waals surface area contributed by atoms with Crippen LogP contribution in [0.3, 0.4) is 0 Å². The van der Waals surface area contributed by atoms with Gasteiger partial charge in [0, 0.05) is 11.6 Å². The molecule has 0 unspecified atom stereocenters. The number of benzene rings is 1. The van der Waals surface area contributed by atoms with E-state index in [4.69, 9.17) is 4.74 Å². The Bertz CT molecular complexity index is 981. The highest BCUT2D eigenvalue weighted by Gasteiger charge is 2.09.